The minimum Gasteiger partial charge on any atom is -0.382 e. The van der Waals surface area contributed by atoms with Gasteiger partial charge >= 0.3 is 5.97 Å². The van der Waals surface area contributed by atoms with E-state index in [0.717, 1.165) is 0 Å². The number of carbonyl (C=O) groups is 4. The Bertz CT molecular complexity index is 497. The highest BCUT2D eigenvalue weighted by molar-refractivity contribution is 6.01. The van der Waals surface area contributed by atoms with Gasteiger partial charge < -0.3 is 29.1 Å². The first-order chi connectivity index (χ1) is 13.5. The smallest absolute Gasteiger partial charge is 0.335 e. The lowest BCUT2D eigenvalue weighted by molar-refractivity contribution is -0.198. The van der Waals surface area contributed by atoms with Crippen LogP contribution in [-0.4, -0.2) is 88.7 Å². The minimum atomic E-state index is -0.710. The fourth-order valence-electron chi connectivity index (χ4n) is 2.04. The maximum atomic E-state index is 11.5. The third-order valence-corrected chi connectivity index (χ3v) is 3.50. The number of methoxy groups -OCH3 is 1. The standard InChI is InChI=1S/C17H28N2O9/c1-24-10-11-25-7-4-14(20)18-6-9-27-13-12-26-8-5-17(23)28-19-15(21)2-3-16(19)22/h2-13H2,1H3,(H,18,20). The third kappa shape index (κ3) is 10.9. The molecule has 28 heavy (non-hydrogen) atoms. The van der Waals surface area contributed by atoms with E-state index in [1.165, 1.54) is 0 Å². The molecule has 3 amide bonds. The van der Waals surface area contributed by atoms with Gasteiger partial charge in [-0.05, 0) is 0 Å². The van der Waals surface area contributed by atoms with Crippen LogP contribution in [0.25, 0.3) is 0 Å². The molecule has 1 saturated heterocycles. The van der Waals surface area contributed by atoms with E-state index in [1.54, 1.807) is 7.11 Å². The maximum Gasteiger partial charge on any atom is 0.335 e. The van der Waals surface area contributed by atoms with Crippen LogP contribution in [0.2, 0.25) is 0 Å². The highest BCUT2D eigenvalue weighted by Gasteiger charge is 2.32. The number of hydroxylamine groups is 2. The summed E-state index contributed by atoms with van der Waals surface area (Å²) in [5, 5.41) is 3.20. The molecule has 0 aromatic carbocycles. The molecule has 0 bridgehead atoms. The fourth-order valence-corrected chi connectivity index (χ4v) is 2.04. The molecule has 0 atom stereocenters. The van der Waals surface area contributed by atoms with Crippen molar-refractivity contribution in [2.45, 2.75) is 25.7 Å². The number of hydrogen-bond acceptors (Lipinski definition) is 9. The summed E-state index contributed by atoms with van der Waals surface area (Å²) in [4.78, 5) is 50.3. The Morgan fingerprint density at radius 2 is 1.43 bits per heavy atom. The van der Waals surface area contributed by atoms with Gasteiger partial charge in [-0.25, -0.2) is 4.79 Å². The van der Waals surface area contributed by atoms with Gasteiger partial charge in [0.25, 0.3) is 11.8 Å². The first kappa shape index (κ1) is 24.0. The van der Waals surface area contributed by atoms with E-state index < -0.39 is 17.8 Å². The van der Waals surface area contributed by atoms with Gasteiger partial charge in [-0.15, -0.1) is 5.06 Å². The van der Waals surface area contributed by atoms with Crippen LogP contribution in [0.4, 0.5) is 0 Å². The number of rotatable bonds is 16. The van der Waals surface area contributed by atoms with Crippen molar-refractivity contribution in [1.82, 2.24) is 10.4 Å². The molecule has 0 aromatic heterocycles. The predicted octanol–water partition coefficient (Wildman–Crippen LogP) is -0.814. The molecular formula is C17H28N2O9. The van der Waals surface area contributed by atoms with E-state index >= 15 is 0 Å². The molecule has 1 heterocycles. The van der Waals surface area contributed by atoms with Gasteiger partial charge in [0.05, 0.1) is 52.7 Å². The van der Waals surface area contributed by atoms with Crippen molar-refractivity contribution in [3.8, 4) is 0 Å². The summed E-state index contributed by atoms with van der Waals surface area (Å²) in [6.45, 7) is 2.65. The van der Waals surface area contributed by atoms with Crippen LogP contribution in [0.1, 0.15) is 25.7 Å². The Morgan fingerprint density at radius 3 is 2.07 bits per heavy atom. The van der Waals surface area contributed by atoms with Gasteiger partial charge in [-0.1, -0.05) is 0 Å². The van der Waals surface area contributed by atoms with Crippen molar-refractivity contribution in [2.75, 3.05) is 59.9 Å². The molecule has 1 fully saturated rings. The van der Waals surface area contributed by atoms with Crippen LogP contribution in [-0.2, 0) is 43.0 Å². The highest BCUT2D eigenvalue weighted by atomic mass is 16.7. The Kier molecular flexibility index (Phi) is 12.8. The molecule has 0 spiro atoms. The number of carbonyl (C=O) groups excluding carboxylic acids is 4. The van der Waals surface area contributed by atoms with Crippen LogP contribution in [0, 0.1) is 0 Å². The Morgan fingerprint density at radius 1 is 0.857 bits per heavy atom. The Balaban J connectivity index is 1.87. The molecule has 1 N–H and O–H groups in total. The molecule has 1 rings (SSSR count). The number of ether oxygens (including phenoxy) is 4. The van der Waals surface area contributed by atoms with Crippen LogP contribution in [0.15, 0.2) is 0 Å². The lowest BCUT2D eigenvalue weighted by atomic mass is 10.4. The number of nitrogens with one attached hydrogen (secondary N) is 1. The summed E-state index contributed by atoms with van der Waals surface area (Å²) in [7, 11) is 1.58. The molecule has 0 radical (unpaired) electrons. The van der Waals surface area contributed by atoms with Crippen LogP contribution in [0.3, 0.4) is 0 Å². The number of hydrogen-bond donors (Lipinski definition) is 1. The van der Waals surface area contributed by atoms with Crippen molar-refractivity contribution >= 4 is 23.7 Å². The van der Waals surface area contributed by atoms with Gasteiger partial charge in [0, 0.05) is 32.9 Å². The summed E-state index contributed by atoms with van der Waals surface area (Å²) in [6.07, 6.45) is 0.308. The van der Waals surface area contributed by atoms with Gasteiger partial charge in [-0.2, -0.15) is 0 Å². The Labute approximate surface area is 163 Å². The lowest BCUT2D eigenvalue weighted by Crippen LogP contribution is -2.32. The zero-order valence-electron chi connectivity index (χ0n) is 16.1. The van der Waals surface area contributed by atoms with Crippen molar-refractivity contribution in [1.29, 1.82) is 0 Å². The quantitative estimate of drug-likeness (QED) is 0.259. The molecule has 1 aliphatic rings. The first-order valence-electron chi connectivity index (χ1n) is 9.10. The zero-order chi connectivity index (χ0) is 20.6. The molecule has 11 heteroatoms. The second-order valence-corrected chi connectivity index (χ2v) is 5.73. The molecule has 1 aliphatic heterocycles. The SMILES string of the molecule is COCCOCCC(=O)NCCOCCOCCC(=O)ON1C(=O)CCC1=O. The molecular weight excluding hydrogens is 376 g/mol. The summed E-state index contributed by atoms with van der Waals surface area (Å²) in [5.41, 5.74) is 0. The van der Waals surface area contributed by atoms with E-state index in [-0.39, 0.29) is 44.8 Å². The second-order valence-electron chi connectivity index (χ2n) is 5.73. The average molecular weight is 404 g/mol. The van der Waals surface area contributed by atoms with Crippen molar-refractivity contribution in [3.63, 3.8) is 0 Å². The lowest BCUT2D eigenvalue weighted by Gasteiger charge is -2.12. The Hall–Kier alpha value is -2.08. The third-order valence-electron chi connectivity index (χ3n) is 3.50. The van der Waals surface area contributed by atoms with Crippen LogP contribution in [0.5, 0.6) is 0 Å². The summed E-state index contributed by atoms with van der Waals surface area (Å²) in [5.74, 6) is -1.86. The first-order valence-corrected chi connectivity index (χ1v) is 9.10. The van der Waals surface area contributed by atoms with Gasteiger partial charge in [0.2, 0.25) is 5.91 Å². The van der Waals surface area contributed by atoms with Crippen molar-refractivity contribution < 1.29 is 43.0 Å². The number of amides is 3. The summed E-state index contributed by atoms with van der Waals surface area (Å²) < 4.78 is 20.5. The summed E-state index contributed by atoms with van der Waals surface area (Å²) >= 11 is 0. The molecule has 0 aromatic rings. The highest BCUT2D eigenvalue weighted by Crippen LogP contribution is 2.12. The zero-order valence-corrected chi connectivity index (χ0v) is 16.1. The number of imide groups is 1. The van der Waals surface area contributed by atoms with Crippen molar-refractivity contribution in [3.05, 3.63) is 0 Å². The van der Waals surface area contributed by atoms with Crippen LogP contribution < -0.4 is 5.32 Å². The molecule has 11 nitrogen and oxygen atoms in total. The fraction of sp³-hybridized carbons (Fsp3) is 0.765. The van der Waals surface area contributed by atoms with Gasteiger partial charge in [0.1, 0.15) is 0 Å². The molecule has 0 unspecified atom stereocenters. The normalized spacial score (nSPS) is 13.8. The van der Waals surface area contributed by atoms with Gasteiger partial charge in [-0.3, -0.25) is 14.4 Å². The van der Waals surface area contributed by atoms with E-state index in [9.17, 15) is 19.2 Å². The van der Waals surface area contributed by atoms with Crippen molar-refractivity contribution in [2.24, 2.45) is 0 Å². The monoisotopic (exact) mass is 404 g/mol. The van der Waals surface area contributed by atoms with Gasteiger partial charge in [0.15, 0.2) is 0 Å². The van der Waals surface area contributed by atoms with E-state index in [1.807, 2.05) is 0 Å². The average Bonchev–Trinajstić information content (AvgIpc) is 2.98. The van der Waals surface area contributed by atoms with E-state index in [4.69, 9.17) is 23.8 Å². The molecule has 0 saturated carbocycles. The van der Waals surface area contributed by atoms with Crippen LogP contribution >= 0.6 is 0 Å². The van der Waals surface area contributed by atoms with E-state index in [2.05, 4.69) is 5.32 Å². The minimum absolute atomic E-state index is 0.0581. The largest absolute Gasteiger partial charge is 0.382 e. The maximum absolute atomic E-state index is 11.5. The van der Waals surface area contributed by atoms with E-state index in [0.29, 0.717) is 44.6 Å². The molecule has 160 valence electrons. The summed E-state index contributed by atoms with van der Waals surface area (Å²) in [6, 6.07) is 0. The predicted molar refractivity (Wildman–Crippen MR) is 93.8 cm³/mol. The topological polar surface area (TPSA) is 130 Å². The second kappa shape index (κ2) is 14.9. The molecule has 0 aliphatic carbocycles. The number of nitrogens with zero attached hydrogens (tertiary/aromatic N) is 1.